The van der Waals surface area contributed by atoms with Crippen molar-refractivity contribution < 1.29 is 29.0 Å². The summed E-state index contributed by atoms with van der Waals surface area (Å²) in [4.78, 5) is 35.5. The number of amides is 2. The van der Waals surface area contributed by atoms with Gasteiger partial charge in [-0.2, -0.15) is 0 Å². The number of nitrogens with one attached hydrogen (secondary N) is 2. The van der Waals surface area contributed by atoms with Crippen molar-refractivity contribution in [1.82, 2.24) is 10.6 Å². The van der Waals surface area contributed by atoms with Crippen molar-refractivity contribution in [2.75, 3.05) is 26.9 Å². The van der Waals surface area contributed by atoms with E-state index in [2.05, 4.69) is 34.9 Å². The molecule has 2 aliphatic carbocycles. The van der Waals surface area contributed by atoms with Gasteiger partial charge in [0.15, 0.2) is 6.04 Å². The molecule has 8 nitrogen and oxygen atoms in total. The maximum Gasteiger partial charge on any atom is 0.407 e. The highest BCUT2D eigenvalue weighted by atomic mass is 16.5. The number of carboxylic acid groups (broad SMARTS) is 1. The van der Waals surface area contributed by atoms with Gasteiger partial charge in [0.2, 0.25) is 5.91 Å². The molecule has 180 valence electrons. The number of alkyl carbamates (subject to hydrolysis) is 1. The molecule has 0 unspecified atom stereocenters. The average Bonchev–Trinajstić information content (AvgIpc) is 3.12. The van der Waals surface area contributed by atoms with Gasteiger partial charge in [0, 0.05) is 26.0 Å². The third-order valence-corrected chi connectivity index (χ3v) is 6.65. The number of fused-ring (bicyclic) bond motifs is 3. The maximum absolute atomic E-state index is 12.3. The van der Waals surface area contributed by atoms with E-state index in [1.54, 1.807) is 0 Å². The van der Waals surface area contributed by atoms with Crippen molar-refractivity contribution in [2.24, 2.45) is 11.8 Å². The summed E-state index contributed by atoms with van der Waals surface area (Å²) in [7, 11) is 1.39. The fourth-order valence-corrected chi connectivity index (χ4v) is 4.94. The molecule has 0 aromatic heterocycles. The van der Waals surface area contributed by atoms with Gasteiger partial charge >= 0.3 is 12.1 Å². The Hall–Kier alpha value is -3.39. The van der Waals surface area contributed by atoms with Crippen LogP contribution in [0, 0.1) is 11.8 Å². The van der Waals surface area contributed by atoms with Crippen LogP contribution in [0.15, 0.2) is 48.5 Å². The number of carbonyl (C=O) groups excluding carboxylic acids is 2. The predicted molar refractivity (Wildman–Crippen MR) is 125 cm³/mol. The standard InChI is InChI=1S/C26H30N2O6/c1-33-15-23(25(30)31)28-24(29)12-16-10-17(11-16)13-27-26(32)34-14-22-20-8-4-2-6-18(20)19-7-3-5-9-21(19)22/h2-9,16-17,22-23H,10-15H2,1H3,(H,27,32)(H,28,29)(H,30,31)/t16?,17?,23-/m0/s1. The second kappa shape index (κ2) is 10.7. The number of ether oxygens (including phenoxy) is 2. The first-order valence-corrected chi connectivity index (χ1v) is 11.6. The summed E-state index contributed by atoms with van der Waals surface area (Å²) in [6, 6.07) is 15.4. The first kappa shape index (κ1) is 23.8. The van der Waals surface area contributed by atoms with Gasteiger partial charge in [0.25, 0.3) is 0 Å². The minimum atomic E-state index is -1.12. The number of methoxy groups -OCH3 is 1. The SMILES string of the molecule is COC[C@H](NC(=O)CC1CC(CNC(=O)OCC2c3ccccc3-c3ccccc32)C1)C(=O)O. The number of carbonyl (C=O) groups is 3. The molecule has 0 heterocycles. The van der Waals surface area contributed by atoms with Crippen LogP contribution < -0.4 is 10.6 Å². The van der Waals surface area contributed by atoms with Crippen LogP contribution in [0.2, 0.25) is 0 Å². The Balaban J connectivity index is 1.17. The molecule has 2 aliphatic rings. The topological polar surface area (TPSA) is 114 Å². The normalized spacial score (nSPS) is 19.3. The van der Waals surface area contributed by atoms with Crippen LogP contribution >= 0.6 is 0 Å². The predicted octanol–water partition coefficient (Wildman–Crippen LogP) is 3.16. The van der Waals surface area contributed by atoms with E-state index in [9.17, 15) is 14.4 Å². The highest BCUT2D eigenvalue weighted by Gasteiger charge is 2.33. The minimum Gasteiger partial charge on any atom is -0.480 e. The van der Waals surface area contributed by atoms with Crippen LogP contribution in [0.1, 0.15) is 36.3 Å². The molecular formula is C26H30N2O6. The van der Waals surface area contributed by atoms with Crippen molar-refractivity contribution in [3.63, 3.8) is 0 Å². The molecule has 0 bridgehead atoms. The highest BCUT2D eigenvalue weighted by Crippen LogP contribution is 2.44. The summed E-state index contributed by atoms with van der Waals surface area (Å²) >= 11 is 0. The van der Waals surface area contributed by atoms with Gasteiger partial charge in [-0.05, 0) is 46.9 Å². The van der Waals surface area contributed by atoms with Crippen molar-refractivity contribution in [1.29, 1.82) is 0 Å². The van der Waals surface area contributed by atoms with Crippen LogP contribution in [-0.2, 0) is 19.1 Å². The van der Waals surface area contributed by atoms with Crippen molar-refractivity contribution in [2.45, 2.75) is 31.2 Å². The summed E-state index contributed by atoms with van der Waals surface area (Å²) in [6.45, 7) is 0.703. The summed E-state index contributed by atoms with van der Waals surface area (Å²) in [5.41, 5.74) is 4.72. The van der Waals surface area contributed by atoms with Gasteiger partial charge < -0.3 is 25.2 Å². The second-order valence-electron chi connectivity index (χ2n) is 9.03. The highest BCUT2D eigenvalue weighted by molar-refractivity contribution is 5.83. The van der Waals surface area contributed by atoms with E-state index in [0.29, 0.717) is 6.54 Å². The molecule has 0 radical (unpaired) electrons. The van der Waals surface area contributed by atoms with Gasteiger partial charge in [-0.25, -0.2) is 9.59 Å². The van der Waals surface area contributed by atoms with Crippen LogP contribution in [0.4, 0.5) is 4.79 Å². The van der Waals surface area contributed by atoms with E-state index in [0.717, 1.165) is 12.8 Å². The monoisotopic (exact) mass is 466 g/mol. The molecule has 2 aromatic carbocycles. The lowest BCUT2D eigenvalue weighted by molar-refractivity contribution is -0.143. The molecule has 1 fully saturated rings. The number of aliphatic carboxylic acids is 1. The zero-order valence-corrected chi connectivity index (χ0v) is 19.2. The molecule has 0 saturated heterocycles. The number of hydrogen-bond acceptors (Lipinski definition) is 5. The van der Waals surface area contributed by atoms with Crippen LogP contribution in [-0.4, -0.2) is 56.0 Å². The maximum atomic E-state index is 12.3. The average molecular weight is 467 g/mol. The Labute approximate surface area is 198 Å². The zero-order chi connectivity index (χ0) is 24.1. The summed E-state index contributed by atoms with van der Waals surface area (Å²) in [6.07, 6.45) is 1.44. The van der Waals surface area contributed by atoms with Crippen LogP contribution in [0.3, 0.4) is 0 Å². The van der Waals surface area contributed by atoms with Crippen molar-refractivity contribution >= 4 is 18.0 Å². The van der Waals surface area contributed by atoms with E-state index in [-0.39, 0.29) is 43.3 Å². The van der Waals surface area contributed by atoms with Gasteiger partial charge in [-0.3, -0.25) is 4.79 Å². The molecule has 2 amide bonds. The fourth-order valence-electron chi connectivity index (χ4n) is 4.94. The molecule has 8 heteroatoms. The number of rotatable bonds is 10. The molecule has 1 atom stereocenters. The van der Waals surface area contributed by atoms with E-state index in [1.807, 2.05) is 24.3 Å². The third-order valence-electron chi connectivity index (χ3n) is 6.65. The van der Waals surface area contributed by atoms with E-state index < -0.39 is 18.1 Å². The Kier molecular flexibility index (Phi) is 7.47. The molecule has 1 saturated carbocycles. The van der Waals surface area contributed by atoms with E-state index in [1.165, 1.54) is 29.4 Å². The quantitative estimate of drug-likeness (QED) is 0.496. The van der Waals surface area contributed by atoms with Crippen molar-refractivity contribution in [3.8, 4) is 11.1 Å². The smallest absolute Gasteiger partial charge is 0.407 e. The first-order chi connectivity index (χ1) is 16.5. The molecule has 4 rings (SSSR count). The van der Waals surface area contributed by atoms with Crippen LogP contribution in [0.5, 0.6) is 0 Å². The Bertz CT molecular complexity index is 1000. The first-order valence-electron chi connectivity index (χ1n) is 11.6. The molecule has 2 aromatic rings. The third kappa shape index (κ3) is 5.39. The fraction of sp³-hybridized carbons (Fsp3) is 0.423. The lowest BCUT2D eigenvalue weighted by Crippen LogP contribution is -2.45. The van der Waals surface area contributed by atoms with Gasteiger partial charge in [-0.15, -0.1) is 0 Å². The lowest BCUT2D eigenvalue weighted by atomic mass is 9.73. The van der Waals surface area contributed by atoms with Crippen LogP contribution in [0.25, 0.3) is 11.1 Å². The van der Waals surface area contributed by atoms with Crippen molar-refractivity contribution in [3.05, 3.63) is 59.7 Å². The van der Waals surface area contributed by atoms with E-state index in [4.69, 9.17) is 14.6 Å². The van der Waals surface area contributed by atoms with E-state index >= 15 is 0 Å². The Morgan fingerprint density at radius 3 is 2.21 bits per heavy atom. The number of hydrogen-bond donors (Lipinski definition) is 3. The Morgan fingerprint density at radius 1 is 1.00 bits per heavy atom. The lowest BCUT2D eigenvalue weighted by Gasteiger charge is -2.35. The molecule has 34 heavy (non-hydrogen) atoms. The molecular weight excluding hydrogens is 436 g/mol. The molecule has 0 aliphatic heterocycles. The summed E-state index contributed by atoms with van der Waals surface area (Å²) < 4.78 is 10.4. The van der Waals surface area contributed by atoms with Gasteiger partial charge in [0.1, 0.15) is 6.61 Å². The Morgan fingerprint density at radius 2 is 1.62 bits per heavy atom. The van der Waals surface area contributed by atoms with Gasteiger partial charge in [0.05, 0.1) is 6.61 Å². The zero-order valence-electron chi connectivity index (χ0n) is 19.2. The van der Waals surface area contributed by atoms with Gasteiger partial charge in [-0.1, -0.05) is 48.5 Å². The molecule has 0 spiro atoms. The number of benzene rings is 2. The second-order valence-corrected chi connectivity index (χ2v) is 9.03. The largest absolute Gasteiger partial charge is 0.480 e. The molecule has 3 N–H and O–H groups in total. The number of carboxylic acids is 1. The minimum absolute atomic E-state index is 0.0254. The summed E-state index contributed by atoms with van der Waals surface area (Å²) in [5.74, 6) is -0.914. The summed E-state index contributed by atoms with van der Waals surface area (Å²) in [5, 5.41) is 14.4.